The highest BCUT2D eigenvalue weighted by atomic mass is 16.5. The number of nitrogens with one attached hydrogen (secondary N) is 2. The van der Waals surface area contributed by atoms with Crippen LogP contribution in [0.1, 0.15) is 27.3 Å². The molecule has 1 aromatic heterocycles. The summed E-state index contributed by atoms with van der Waals surface area (Å²) in [5, 5.41) is 42.0. The Kier molecular flexibility index (Phi) is 5.92. The number of hydrogen-bond acceptors (Lipinski definition) is 8. The van der Waals surface area contributed by atoms with Gasteiger partial charge in [-0.2, -0.15) is 0 Å². The lowest BCUT2D eigenvalue weighted by Crippen LogP contribution is -2.53. The lowest BCUT2D eigenvalue weighted by molar-refractivity contribution is -0.122. The molecule has 1 amide bonds. The number of aliphatic hydroxyl groups is 1. The normalized spacial score (nSPS) is 15.7. The number of nitrogens with zero attached hydrogens (tertiary/aromatic N) is 3. The molecule has 0 saturated heterocycles. The van der Waals surface area contributed by atoms with Crippen molar-refractivity contribution in [1.82, 2.24) is 25.6 Å². The van der Waals surface area contributed by atoms with Crippen LogP contribution >= 0.6 is 0 Å². The summed E-state index contributed by atoms with van der Waals surface area (Å²) in [6, 6.07) is 4.65. The summed E-state index contributed by atoms with van der Waals surface area (Å²) in [7, 11) is 0.328. The van der Waals surface area contributed by atoms with E-state index in [0.29, 0.717) is 23.5 Å². The molecule has 148 valence electrons. The predicted molar refractivity (Wildman–Crippen MR) is 96.3 cm³/mol. The molecule has 0 aliphatic carbocycles. The average Bonchev–Trinajstić information content (AvgIpc) is 3.03. The fourth-order valence-corrected chi connectivity index (χ4v) is 3.08. The zero-order chi connectivity index (χ0) is 20.3. The van der Waals surface area contributed by atoms with Crippen LogP contribution in [-0.4, -0.2) is 62.2 Å². The van der Waals surface area contributed by atoms with Crippen LogP contribution in [0.15, 0.2) is 18.2 Å². The lowest BCUT2D eigenvalue weighted by atomic mass is 9.72. The molecule has 12 heteroatoms. The maximum atomic E-state index is 12.4. The van der Waals surface area contributed by atoms with Crippen molar-refractivity contribution in [3.63, 3.8) is 0 Å². The molecular weight excluding hydrogens is 369 g/mol. The largest absolute Gasteiger partial charge is 0.547 e. The maximum absolute atomic E-state index is 12.4. The molecule has 1 aliphatic heterocycles. The minimum absolute atomic E-state index is 0.0443. The number of aromatic nitrogens is 3. The molecular formula is C16H20BN5O6. The molecule has 3 rings (SSSR count). The second-order valence-electron chi connectivity index (χ2n) is 6.31. The third-order valence-electron chi connectivity index (χ3n) is 4.40. The summed E-state index contributed by atoms with van der Waals surface area (Å²) >= 11 is 0. The number of hydrogen-bond donors (Lipinski definition) is 5. The molecule has 2 heterocycles. The van der Waals surface area contributed by atoms with Gasteiger partial charge in [-0.05, 0) is 25.1 Å². The average molecular weight is 389 g/mol. The van der Waals surface area contributed by atoms with Gasteiger partial charge in [0.1, 0.15) is 18.0 Å². The molecule has 0 spiro atoms. The van der Waals surface area contributed by atoms with Gasteiger partial charge in [0.15, 0.2) is 0 Å². The summed E-state index contributed by atoms with van der Waals surface area (Å²) in [6.07, 6.45) is 0.214. The highest BCUT2D eigenvalue weighted by molar-refractivity contribution is 6.47. The zero-order valence-electron chi connectivity index (χ0n) is 15.1. The van der Waals surface area contributed by atoms with Gasteiger partial charge in [0.25, 0.3) is 0 Å². The summed E-state index contributed by atoms with van der Waals surface area (Å²) in [5.41, 5.74) is 1.49. The molecule has 2 aromatic rings. The molecule has 28 heavy (non-hydrogen) atoms. The summed E-state index contributed by atoms with van der Waals surface area (Å²) in [6.45, 7) is -0.0809. The zero-order valence-corrected chi connectivity index (χ0v) is 15.1. The van der Waals surface area contributed by atoms with Crippen LogP contribution in [0.25, 0.3) is 0 Å². The van der Waals surface area contributed by atoms with Crippen LogP contribution in [-0.2, 0) is 30.9 Å². The van der Waals surface area contributed by atoms with Gasteiger partial charge in [0.2, 0.25) is 5.91 Å². The van der Waals surface area contributed by atoms with Crippen molar-refractivity contribution in [3.05, 3.63) is 40.7 Å². The highest BCUT2D eigenvalue weighted by Gasteiger charge is 2.37. The number of carbonyl (C=O) groups excluding carboxylic acids is 1. The molecule has 0 fully saturated rings. The van der Waals surface area contributed by atoms with Gasteiger partial charge in [0, 0.05) is 6.54 Å². The van der Waals surface area contributed by atoms with Crippen molar-refractivity contribution in [1.29, 1.82) is 0 Å². The molecule has 0 saturated carbocycles. The molecule has 11 nitrogen and oxygen atoms in total. The van der Waals surface area contributed by atoms with E-state index in [9.17, 15) is 24.8 Å². The molecule has 1 aliphatic rings. The Labute approximate surface area is 160 Å². The number of para-hydroxylation sites is 1. The van der Waals surface area contributed by atoms with E-state index in [2.05, 4.69) is 20.9 Å². The Balaban J connectivity index is 1.71. The summed E-state index contributed by atoms with van der Waals surface area (Å²) in [4.78, 5) is 23.7. The topological polar surface area (TPSA) is 159 Å². The van der Waals surface area contributed by atoms with E-state index >= 15 is 0 Å². The van der Waals surface area contributed by atoms with Gasteiger partial charge < -0.3 is 30.5 Å². The van der Waals surface area contributed by atoms with E-state index in [1.807, 2.05) is 0 Å². The SMILES string of the molecule is CNCc1c(CO)nnn1CC(=O)N[C@H]1Cc2cccc(C(=O)O)c2OB1O. The highest BCUT2D eigenvalue weighted by Crippen LogP contribution is 2.30. The van der Waals surface area contributed by atoms with E-state index in [4.69, 9.17) is 4.65 Å². The quantitative estimate of drug-likeness (QED) is 0.349. The second-order valence-corrected chi connectivity index (χ2v) is 6.31. The summed E-state index contributed by atoms with van der Waals surface area (Å²) < 4.78 is 6.72. The van der Waals surface area contributed by atoms with Crippen LogP contribution in [0, 0.1) is 0 Å². The Morgan fingerprint density at radius 2 is 2.21 bits per heavy atom. The number of fused-ring (bicyclic) bond motifs is 1. The molecule has 0 bridgehead atoms. The first-order chi connectivity index (χ1) is 13.4. The number of aliphatic hydroxyl groups excluding tert-OH is 1. The van der Waals surface area contributed by atoms with E-state index < -0.39 is 24.9 Å². The Bertz CT molecular complexity index is 888. The van der Waals surface area contributed by atoms with Gasteiger partial charge >= 0.3 is 13.1 Å². The first-order valence-corrected chi connectivity index (χ1v) is 8.60. The third-order valence-corrected chi connectivity index (χ3v) is 4.40. The van der Waals surface area contributed by atoms with Crippen LogP contribution in [0.5, 0.6) is 5.75 Å². The molecule has 1 atom stereocenters. The number of carbonyl (C=O) groups is 2. The predicted octanol–water partition coefficient (Wildman–Crippen LogP) is -1.67. The maximum Gasteiger partial charge on any atom is 0.547 e. The van der Waals surface area contributed by atoms with Crippen molar-refractivity contribution < 1.29 is 29.5 Å². The van der Waals surface area contributed by atoms with Crippen molar-refractivity contribution in [2.45, 2.75) is 32.1 Å². The lowest BCUT2D eigenvalue weighted by Gasteiger charge is -2.28. The molecule has 0 unspecified atom stereocenters. The van der Waals surface area contributed by atoms with E-state index in [0.717, 1.165) is 0 Å². The number of aromatic carboxylic acids is 1. The Hall–Kier alpha value is -2.96. The van der Waals surface area contributed by atoms with Gasteiger partial charge in [-0.1, -0.05) is 17.3 Å². The first-order valence-electron chi connectivity index (χ1n) is 8.60. The fraction of sp³-hybridized carbons (Fsp3) is 0.375. The van der Waals surface area contributed by atoms with Gasteiger partial charge in [-0.15, -0.1) is 5.10 Å². The van der Waals surface area contributed by atoms with Crippen LogP contribution < -0.4 is 15.3 Å². The van der Waals surface area contributed by atoms with Crippen molar-refractivity contribution in [2.75, 3.05) is 7.05 Å². The Morgan fingerprint density at radius 1 is 1.43 bits per heavy atom. The number of amides is 1. The second kappa shape index (κ2) is 8.38. The standard InChI is InChI=1S/C16H20BN5O6/c1-18-6-12-11(8-23)20-21-22(12)7-14(24)19-13-5-9-3-2-4-10(16(25)26)15(9)28-17(13)27/h2-4,13,18,23,27H,5-8H2,1H3,(H,19,24)(H,25,26)/t13-/m0/s1. The van der Waals surface area contributed by atoms with Gasteiger partial charge in [0.05, 0.1) is 23.8 Å². The number of carboxylic acid groups (broad SMARTS) is 1. The van der Waals surface area contributed by atoms with Crippen molar-refractivity contribution in [3.8, 4) is 5.75 Å². The summed E-state index contributed by atoms with van der Waals surface area (Å²) in [5.74, 6) is -2.24. The van der Waals surface area contributed by atoms with Crippen LogP contribution in [0.2, 0.25) is 0 Å². The number of benzene rings is 1. The van der Waals surface area contributed by atoms with E-state index in [1.54, 1.807) is 19.2 Å². The minimum atomic E-state index is -1.39. The van der Waals surface area contributed by atoms with Crippen LogP contribution in [0.3, 0.4) is 0 Å². The molecule has 1 aromatic carbocycles. The first kappa shape index (κ1) is 19.8. The molecule has 5 N–H and O–H groups in total. The number of rotatable bonds is 7. The van der Waals surface area contributed by atoms with Crippen LogP contribution in [0.4, 0.5) is 0 Å². The van der Waals surface area contributed by atoms with Gasteiger partial charge in [-0.25, -0.2) is 9.48 Å². The van der Waals surface area contributed by atoms with Crippen molar-refractivity contribution >= 4 is 19.0 Å². The van der Waals surface area contributed by atoms with Crippen molar-refractivity contribution in [2.24, 2.45) is 0 Å². The Morgan fingerprint density at radius 3 is 2.89 bits per heavy atom. The smallest absolute Gasteiger partial charge is 0.534 e. The molecule has 0 radical (unpaired) electrons. The fourth-order valence-electron chi connectivity index (χ4n) is 3.08. The van der Waals surface area contributed by atoms with E-state index in [1.165, 1.54) is 10.7 Å². The third kappa shape index (κ3) is 3.98. The monoisotopic (exact) mass is 389 g/mol. The van der Waals surface area contributed by atoms with E-state index in [-0.39, 0.29) is 30.9 Å². The van der Waals surface area contributed by atoms with Gasteiger partial charge in [-0.3, -0.25) is 4.79 Å². The minimum Gasteiger partial charge on any atom is -0.534 e. The number of carboxylic acids is 1.